The van der Waals surface area contributed by atoms with E-state index in [0.717, 1.165) is 12.1 Å². The third-order valence-electron chi connectivity index (χ3n) is 4.97. The van der Waals surface area contributed by atoms with Crippen LogP contribution in [-0.2, 0) is 24.8 Å². The van der Waals surface area contributed by atoms with Crippen LogP contribution in [0.4, 0.5) is 4.39 Å². The molecule has 1 heterocycles. The number of carbonyl (C=O) groups is 1. The van der Waals surface area contributed by atoms with E-state index in [4.69, 9.17) is 0 Å². The Hall–Kier alpha value is -2.34. The molecule has 2 aromatic rings. The van der Waals surface area contributed by atoms with Gasteiger partial charge in [-0.15, -0.1) is 0 Å². The van der Waals surface area contributed by atoms with Gasteiger partial charge in [0.25, 0.3) is 0 Å². The van der Waals surface area contributed by atoms with Crippen LogP contribution >= 0.6 is 0 Å². The maximum Gasteiger partial charge on any atom is 0.243 e. The summed E-state index contributed by atoms with van der Waals surface area (Å²) in [7, 11) is -7.68. The van der Waals surface area contributed by atoms with Gasteiger partial charge in [0, 0.05) is 26.2 Å². The minimum absolute atomic E-state index is 0.0161. The predicted molar refractivity (Wildman–Crippen MR) is 113 cm³/mol. The molecule has 3 rings (SSSR count). The molecule has 1 aliphatic rings. The summed E-state index contributed by atoms with van der Waals surface area (Å²) in [4.78, 5) is 14.3. The normalized spacial score (nSPS) is 17.2. The van der Waals surface area contributed by atoms with Crippen LogP contribution in [0.2, 0.25) is 0 Å². The van der Waals surface area contributed by atoms with E-state index in [1.54, 1.807) is 18.2 Å². The quantitative estimate of drug-likeness (QED) is 0.689. The second-order valence-corrected chi connectivity index (χ2v) is 10.8. The molecule has 0 saturated carbocycles. The van der Waals surface area contributed by atoms with Crippen LogP contribution in [-0.4, -0.2) is 64.2 Å². The van der Waals surface area contributed by atoms with Crippen molar-refractivity contribution in [3.63, 3.8) is 0 Å². The SMILES string of the molecule is C[C@H](NS(=O)(=O)c1ccccc1)C(=O)N1CCCN(S(=O)(=O)c2ccc(F)cc2)CC1. The lowest BCUT2D eigenvalue weighted by Crippen LogP contribution is -2.48. The lowest BCUT2D eigenvalue weighted by molar-refractivity contribution is -0.132. The summed E-state index contributed by atoms with van der Waals surface area (Å²) in [6.07, 6.45) is 0.393. The van der Waals surface area contributed by atoms with E-state index in [2.05, 4.69) is 4.72 Å². The number of nitrogens with zero attached hydrogens (tertiary/aromatic N) is 2. The van der Waals surface area contributed by atoms with Crippen LogP contribution in [0.1, 0.15) is 13.3 Å². The highest BCUT2D eigenvalue weighted by molar-refractivity contribution is 7.89. The van der Waals surface area contributed by atoms with Gasteiger partial charge in [-0.1, -0.05) is 18.2 Å². The largest absolute Gasteiger partial charge is 0.340 e. The number of benzene rings is 2. The molecule has 1 amide bonds. The molecule has 2 aromatic carbocycles. The van der Waals surface area contributed by atoms with Crippen LogP contribution in [0.3, 0.4) is 0 Å². The number of hydrogen-bond donors (Lipinski definition) is 1. The molecule has 1 atom stereocenters. The second-order valence-electron chi connectivity index (χ2n) is 7.19. The molecule has 8 nitrogen and oxygen atoms in total. The predicted octanol–water partition coefficient (Wildman–Crippen LogP) is 1.42. The minimum atomic E-state index is -3.86. The van der Waals surface area contributed by atoms with Gasteiger partial charge in [-0.2, -0.15) is 9.03 Å². The highest BCUT2D eigenvalue weighted by Gasteiger charge is 2.31. The van der Waals surface area contributed by atoms with E-state index in [1.807, 2.05) is 0 Å². The maximum atomic E-state index is 13.1. The number of sulfonamides is 2. The smallest absolute Gasteiger partial charge is 0.243 e. The maximum absolute atomic E-state index is 13.1. The third-order valence-corrected chi connectivity index (χ3v) is 8.44. The van der Waals surface area contributed by atoms with E-state index in [1.165, 1.54) is 40.4 Å². The average molecular weight is 470 g/mol. The number of halogens is 1. The lowest BCUT2D eigenvalue weighted by atomic mass is 10.3. The first kappa shape index (κ1) is 23.3. The number of amides is 1. The van der Waals surface area contributed by atoms with Crippen molar-refractivity contribution in [2.45, 2.75) is 29.2 Å². The van der Waals surface area contributed by atoms with E-state index in [0.29, 0.717) is 13.0 Å². The first-order valence-electron chi connectivity index (χ1n) is 9.73. The number of hydrogen-bond acceptors (Lipinski definition) is 5. The fourth-order valence-electron chi connectivity index (χ4n) is 3.33. The van der Waals surface area contributed by atoms with Crippen molar-refractivity contribution in [2.75, 3.05) is 26.2 Å². The highest BCUT2D eigenvalue weighted by atomic mass is 32.2. The van der Waals surface area contributed by atoms with Gasteiger partial charge in [0.2, 0.25) is 26.0 Å². The van der Waals surface area contributed by atoms with Crippen LogP contribution in [0, 0.1) is 5.82 Å². The molecular weight excluding hydrogens is 445 g/mol. The number of nitrogens with one attached hydrogen (secondary N) is 1. The zero-order chi connectivity index (χ0) is 22.6. The average Bonchev–Trinajstić information content (AvgIpc) is 3.01. The van der Waals surface area contributed by atoms with Gasteiger partial charge >= 0.3 is 0 Å². The Balaban J connectivity index is 1.66. The molecule has 1 fully saturated rings. The summed E-state index contributed by atoms with van der Waals surface area (Å²) < 4.78 is 67.3. The molecule has 1 saturated heterocycles. The van der Waals surface area contributed by atoms with Crippen LogP contribution < -0.4 is 4.72 Å². The lowest BCUT2D eigenvalue weighted by Gasteiger charge is -2.25. The molecule has 0 aromatic heterocycles. The van der Waals surface area contributed by atoms with Gasteiger partial charge in [-0.3, -0.25) is 4.79 Å². The van der Waals surface area contributed by atoms with Gasteiger partial charge in [-0.05, 0) is 49.7 Å². The van der Waals surface area contributed by atoms with Crippen molar-refractivity contribution in [1.29, 1.82) is 0 Å². The zero-order valence-corrected chi connectivity index (χ0v) is 18.6. The molecule has 0 aliphatic carbocycles. The van der Waals surface area contributed by atoms with Crippen LogP contribution in [0.5, 0.6) is 0 Å². The van der Waals surface area contributed by atoms with Crippen molar-refractivity contribution in [3.05, 3.63) is 60.4 Å². The Bertz CT molecular complexity index is 1120. The first-order valence-corrected chi connectivity index (χ1v) is 12.7. The van der Waals surface area contributed by atoms with Crippen molar-refractivity contribution in [3.8, 4) is 0 Å². The Morgan fingerprint density at radius 1 is 0.903 bits per heavy atom. The van der Waals surface area contributed by atoms with Crippen molar-refractivity contribution < 1.29 is 26.0 Å². The Morgan fingerprint density at radius 2 is 1.55 bits per heavy atom. The van der Waals surface area contributed by atoms with Crippen molar-refractivity contribution >= 4 is 26.0 Å². The summed E-state index contributed by atoms with van der Waals surface area (Å²) in [6, 6.07) is 11.3. The van der Waals surface area contributed by atoms with Gasteiger partial charge in [-0.25, -0.2) is 21.2 Å². The standard InChI is InChI=1S/C20H24FN3O5S2/c1-16(22-30(26,27)18-6-3-2-4-7-18)20(25)23-12-5-13-24(15-14-23)31(28,29)19-10-8-17(21)9-11-19/h2-4,6-11,16,22H,5,12-15H2,1H3/t16-/m0/s1. The first-order chi connectivity index (χ1) is 14.6. The summed E-state index contributed by atoms with van der Waals surface area (Å²) in [5, 5.41) is 0. The number of carbonyl (C=O) groups excluding carboxylic acids is 1. The van der Waals surface area contributed by atoms with Crippen molar-refractivity contribution in [1.82, 2.24) is 13.9 Å². The number of rotatable bonds is 6. The van der Waals surface area contributed by atoms with Crippen LogP contribution in [0.25, 0.3) is 0 Å². The second kappa shape index (κ2) is 9.43. The van der Waals surface area contributed by atoms with Crippen molar-refractivity contribution in [2.24, 2.45) is 0 Å². The molecule has 1 aliphatic heterocycles. The molecule has 168 valence electrons. The fourth-order valence-corrected chi connectivity index (χ4v) is 6.02. The fraction of sp³-hybridized carbons (Fsp3) is 0.350. The molecule has 0 unspecified atom stereocenters. The zero-order valence-electron chi connectivity index (χ0n) is 16.9. The van der Waals surface area contributed by atoms with E-state index >= 15 is 0 Å². The van der Waals surface area contributed by atoms with E-state index in [-0.39, 0.29) is 29.4 Å². The molecule has 1 N–H and O–H groups in total. The minimum Gasteiger partial charge on any atom is -0.340 e. The highest BCUT2D eigenvalue weighted by Crippen LogP contribution is 2.19. The summed E-state index contributed by atoms with van der Waals surface area (Å²) in [5.74, 6) is -0.959. The molecule has 0 bridgehead atoms. The third kappa shape index (κ3) is 5.48. The monoisotopic (exact) mass is 469 g/mol. The molecule has 0 radical (unpaired) electrons. The van der Waals surface area contributed by atoms with Gasteiger partial charge < -0.3 is 4.90 Å². The Labute approximate surface area is 181 Å². The summed E-state index contributed by atoms with van der Waals surface area (Å²) in [6.45, 7) is 2.14. The molecule has 11 heteroatoms. The summed E-state index contributed by atoms with van der Waals surface area (Å²) >= 11 is 0. The van der Waals surface area contributed by atoms with Gasteiger partial charge in [0.05, 0.1) is 15.8 Å². The summed E-state index contributed by atoms with van der Waals surface area (Å²) in [5.41, 5.74) is 0. The van der Waals surface area contributed by atoms with Gasteiger partial charge in [0.15, 0.2) is 0 Å². The Morgan fingerprint density at radius 3 is 2.19 bits per heavy atom. The topological polar surface area (TPSA) is 104 Å². The van der Waals surface area contributed by atoms with E-state index < -0.39 is 37.8 Å². The van der Waals surface area contributed by atoms with Gasteiger partial charge in [0.1, 0.15) is 5.82 Å². The molecular formula is C20H24FN3O5S2. The van der Waals surface area contributed by atoms with Crippen LogP contribution in [0.15, 0.2) is 64.4 Å². The van der Waals surface area contributed by atoms with E-state index in [9.17, 15) is 26.0 Å². The molecule has 31 heavy (non-hydrogen) atoms. The molecule has 0 spiro atoms. The Kier molecular flexibility index (Phi) is 7.10.